The molecule has 0 aromatic heterocycles. The quantitative estimate of drug-likeness (QED) is 0.217. The van der Waals surface area contributed by atoms with Gasteiger partial charge in [0, 0.05) is 19.4 Å². The number of allylic oxidation sites excluding steroid dienone is 1. The third-order valence-corrected chi connectivity index (χ3v) is 12.4. The number of carbonyl (C=O) groups is 2. The highest BCUT2D eigenvalue weighted by molar-refractivity contribution is 6.77. The Bertz CT molecular complexity index is 506. The molecular weight excluding hydrogens is 366 g/mol. The molecule has 162 valence electrons. The minimum atomic E-state index is -1.91. The van der Waals surface area contributed by atoms with E-state index < -0.39 is 8.32 Å². The second kappa shape index (κ2) is 11.9. The Balaban J connectivity index is 2.67. The molecule has 0 bridgehead atoms. The SMILES string of the molecule is CCCCCC(=O)C=C[C@H]1CCC(=O)N1CCO[Si](C(C)C)(C(C)C)C(C)C. The minimum Gasteiger partial charge on any atom is -0.414 e. The first-order valence-corrected chi connectivity index (χ1v) is 13.4. The molecule has 0 saturated carbocycles. The Hall–Kier alpha value is -0.943. The van der Waals surface area contributed by atoms with E-state index in [1.54, 1.807) is 6.08 Å². The molecule has 1 aliphatic rings. The summed E-state index contributed by atoms with van der Waals surface area (Å²) in [6.45, 7) is 17.0. The lowest BCUT2D eigenvalue weighted by atomic mass is 10.1. The number of amides is 1. The predicted molar refractivity (Wildman–Crippen MR) is 120 cm³/mol. The Labute approximate surface area is 174 Å². The van der Waals surface area contributed by atoms with E-state index in [2.05, 4.69) is 48.5 Å². The summed E-state index contributed by atoms with van der Waals surface area (Å²) < 4.78 is 6.62. The molecule has 0 aromatic carbocycles. The van der Waals surface area contributed by atoms with Gasteiger partial charge in [-0.3, -0.25) is 9.59 Å². The fourth-order valence-corrected chi connectivity index (χ4v) is 10.4. The molecule has 5 heteroatoms. The van der Waals surface area contributed by atoms with Crippen molar-refractivity contribution in [3.63, 3.8) is 0 Å². The van der Waals surface area contributed by atoms with Crippen molar-refractivity contribution in [2.75, 3.05) is 13.2 Å². The highest BCUT2D eigenvalue weighted by Gasteiger charge is 2.45. The summed E-state index contributed by atoms with van der Waals surface area (Å²) >= 11 is 0. The van der Waals surface area contributed by atoms with E-state index in [1.165, 1.54) is 0 Å². The molecule has 1 heterocycles. The van der Waals surface area contributed by atoms with Gasteiger partial charge in [-0.05, 0) is 35.5 Å². The van der Waals surface area contributed by atoms with Crippen molar-refractivity contribution in [3.05, 3.63) is 12.2 Å². The molecule has 0 spiro atoms. The largest absolute Gasteiger partial charge is 0.414 e. The monoisotopic (exact) mass is 409 g/mol. The van der Waals surface area contributed by atoms with Crippen molar-refractivity contribution in [1.82, 2.24) is 4.90 Å². The molecule has 1 rings (SSSR count). The Morgan fingerprint density at radius 2 is 1.75 bits per heavy atom. The van der Waals surface area contributed by atoms with Gasteiger partial charge in [-0.15, -0.1) is 0 Å². The number of hydrogen-bond acceptors (Lipinski definition) is 3. The smallest absolute Gasteiger partial charge is 0.223 e. The van der Waals surface area contributed by atoms with E-state index in [0.29, 0.717) is 42.6 Å². The zero-order valence-electron chi connectivity index (χ0n) is 19.3. The third kappa shape index (κ3) is 6.55. The number of carbonyl (C=O) groups excluding carboxylic acids is 2. The van der Waals surface area contributed by atoms with Gasteiger partial charge in [0.2, 0.25) is 5.91 Å². The first-order valence-electron chi connectivity index (χ1n) is 11.3. The molecular formula is C23H43NO3Si. The van der Waals surface area contributed by atoms with Crippen LogP contribution in [0, 0.1) is 0 Å². The molecule has 1 amide bonds. The molecule has 0 unspecified atom stereocenters. The van der Waals surface area contributed by atoms with Gasteiger partial charge >= 0.3 is 0 Å². The number of rotatable bonds is 13. The summed E-state index contributed by atoms with van der Waals surface area (Å²) in [6, 6.07) is 0.0411. The van der Waals surface area contributed by atoms with E-state index in [4.69, 9.17) is 4.43 Å². The fourth-order valence-electron chi connectivity index (χ4n) is 4.92. The van der Waals surface area contributed by atoms with E-state index in [1.807, 2.05) is 11.0 Å². The van der Waals surface area contributed by atoms with Crippen molar-refractivity contribution in [1.29, 1.82) is 0 Å². The maximum absolute atomic E-state index is 12.4. The van der Waals surface area contributed by atoms with E-state index in [0.717, 1.165) is 25.7 Å². The number of ketones is 1. The van der Waals surface area contributed by atoms with Crippen LogP contribution >= 0.6 is 0 Å². The fraction of sp³-hybridized carbons (Fsp3) is 0.826. The molecule has 0 radical (unpaired) electrons. The summed E-state index contributed by atoms with van der Waals surface area (Å²) in [5.74, 6) is 0.359. The predicted octanol–water partition coefficient (Wildman–Crippen LogP) is 5.88. The van der Waals surface area contributed by atoms with Crippen molar-refractivity contribution < 1.29 is 14.0 Å². The van der Waals surface area contributed by atoms with Crippen molar-refractivity contribution in [2.24, 2.45) is 0 Å². The van der Waals surface area contributed by atoms with E-state index >= 15 is 0 Å². The van der Waals surface area contributed by atoms with Crippen LogP contribution in [0.4, 0.5) is 0 Å². The van der Waals surface area contributed by atoms with Crippen LogP contribution in [0.1, 0.15) is 87.0 Å². The average molecular weight is 410 g/mol. The number of nitrogens with zero attached hydrogens (tertiary/aromatic N) is 1. The maximum atomic E-state index is 12.4. The lowest BCUT2D eigenvalue weighted by Gasteiger charge is -2.42. The lowest BCUT2D eigenvalue weighted by molar-refractivity contribution is -0.128. The van der Waals surface area contributed by atoms with Gasteiger partial charge in [-0.1, -0.05) is 67.4 Å². The van der Waals surface area contributed by atoms with Crippen LogP contribution in [-0.4, -0.2) is 44.1 Å². The molecule has 1 aliphatic heterocycles. The number of unbranched alkanes of at least 4 members (excludes halogenated alkanes) is 2. The number of hydrogen-bond donors (Lipinski definition) is 0. The highest BCUT2D eigenvalue weighted by atomic mass is 28.4. The Kier molecular flexibility index (Phi) is 10.7. The van der Waals surface area contributed by atoms with Crippen molar-refractivity contribution >= 4 is 20.0 Å². The molecule has 0 aromatic rings. The first kappa shape index (κ1) is 25.1. The van der Waals surface area contributed by atoms with Gasteiger partial charge in [0.05, 0.1) is 12.6 Å². The van der Waals surface area contributed by atoms with Gasteiger partial charge in [0.25, 0.3) is 0 Å². The second-order valence-corrected chi connectivity index (χ2v) is 14.6. The van der Waals surface area contributed by atoms with Crippen LogP contribution in [0.25, 0.3) is 0 Å². The molecule has 4 nitrogen and oxygen atoms in total. The molecule has 0 N–H and O–H groups in total. The van der Waals surface area contributed by atoms with Crippen molar-refractivity contribution in [2.45, 2.75) is 110 Å². The second-order valence-electron chi connectivity index (χ2n) is 9.14. The number of likely N-dealkylation sites (tertiary alicyclic amines) is 1. The normalized spacial score (nSPS) is 18.4. The van der Waals surface area contributed by atoms with Gasteiger partial charge < -0.3 is 9.33 Å². The van der Waals surface area contributed by atoms with Gasteiger partial charge in [-0.25, -0.2) is 0 Å². The minimum absolute atomic E-state index is 0.0411. The van der Waals surface area contributed by atoms with Gasteiger partial charge in [-0.2, -0.15) is 0 Å². The highest BCUT2D eigenvalue weighted by Crippen LogP contribution is 2.42. The maximum Gasteiger partial charge on any atom is 0.223 e. The van der Waals surface area contributed by atoms with Crippen LogP contribution in [0.15, 0.2) is 12.2 Å². The Morgan fingerprint density at radius 1 is 1.14 bits per heavy atom. The summed E-state index contributed by atoms with van der Waals surface area (Å²) in [5, 5.41) is 0. The van der Waals surface area contributed by atoms with Gasteiger partial charge in [0.15, 0.2) is 14.1 Å². The summed E-state index contributed by atoms with van der Waals surface area (Å²) in [6.07, 6.45) is 8.79. The molecule has 1 atom stereocenters. The van der Waals surface area contributed by atoms with Crippen LogP contribution < -0.4 is 0 Å². The zero-order valence-corrected chi connectivity index (χ0v) is 20.3. The van der Waals surface area contributed by atoms with E-state index in [-0.39, 0.29) is 17.7 Å². The van der Waals surface area contributed by atoms with Gasteiger partial charge in [0.1, 0.15) is 0 Å². The summed E-state index contributed by atoms with van der Waals surface area (Å²) in [7, 11) is -1.91. The van der Waals surface area contributed by atoms with Crippen LogP contribution in [0.3, 0.4) is 0 Å². The summed E-state index contributed by atoms with van der Waals surface area (Å²) in [5.41, 5.74) is 1.62. The molecule has 0 aliphatic carbocycles. The first-order chi connectivity index (χ1) is 13.2. The van der Waals surface area contributed by atoms with Crippen LogP contribution in [0.5, 0.6) is 0 Å². The van der Waals surface area contributed by atoms with Crippen LogP contribution in [0.2, 0.25) is 16.6 Å². The average Bonchev–Trinajstić information content (AvgIpc) is 2.96. The molecule has 1 saturated heterocycles. The molecule has 28 heavy (non-hydrogen) atoms. The third-order valence-electron chi connectivity index (χ3n) is 6.30. The Morgan fingerprint density at radius 3 is 2.29 bits per heavy atom. The molecule has 1 fully saturated rings. The van der Waals surface area contributed by atoms with E-state index in [9.17, 15) is 9.59 Å². The van der Waals surface area contributed by atoms with Crippen molar-refractivity contribution in [3.8, 4) is 0 Å². The van der Waals surface area contributed by atoms with Crippen LogP contribution in [-0.2, 0) is 14.0 Å². The standard InChI is InChI=1S/C23H43NO3Si/c1-8-9-10-11-22(25)14-12-21-13-15-23(26)24(21)16-17-27-28(18(2)3,19(4)5)20(6)7/h12,14,18-21H,8-11,13,15-17H2,1-7H3/t21-/m0/s1. The topological polar surface area (TPSA) is 46.6 Å². The summed E-state index contributed by atoms with van der Waals surface area (Å²) in [4.78, 5) is 26.3. The lowest BCUT2D eigenvalue weighted by Crippen LogP contribution is -2.49. The zero-order chi connectivity index (χ0) is 21.3.